The minimum atomic E-state index is -5.52. The summed E-state index contributed by atoms with van der Waals surface area (Å²) >= 11 is 0. The Balaban J connectivity index is 5.26. The highest BCUT2D eigenvalue weighted by atomic mass is 19.4. The lowest BCUT2D eigenvalue weighted by molar-refractivity contribution is -0.433. The van der Waals surface area contributed by atoms with Gasteiger partial charge in [0.25, 0.3) is 0 Å². The fourth-order valence-corrected chi connectivity index (χ4v) is 0.883. The van der Waals surface area contributed by atoms with E-state index in [0.717, 1.165) is 20.8 Å². The van der Waals surface area contributed by atoms with Crippen LogP contribution in [0.25, 0.3) is 0 Å². The van der Waals surface area contributed by atoms with E-state index in [9.17, 15) is 26.3 Å². The molecule has 0 aromatic heterocycles. The molecule has 0 heterocycles. The topological polar surface area (TPSA) is 9.23 Å². The Labute approximate surface area is 83.4 Å². The SMILES string of the molecule is CC(F)(F)OC(F)(C(C)(C)C)C(F)(F)F. The molecule has 0 aliphatic rings. The van der Waals surface area contributed by atoms with Crippen molar-refractivity contribution in [1.82, 2.24) is 0 Å². The highest BCUT2D eigenvalue weighted by Gasteiger charge is 2.67. The first kappa shape index (κ1) is 14.5. The summed E-state index contributed by atoms with van der Waals surface area (Å²) in [7, 11) is 0. The van der Waals surface area contributed by atoms with Crippen molar-refractivity contribution < 1.29 is 31.1 Å². The second-order valence-electron chi connectivity index (χ2n) is 4.25. The molecular formula is C8H12F6O. The summed E-state index contributed by atoms with van der Waals surface area (Å²) in [4.78, 5) is 0. The van der Waals surface area contributed by atoms with Crippen molar-refractivity contribution in [1.29, 1.82) is 0 Å². The number of alkyl halides is 6. The summed E-state index contributed by atoms with van der Waals surface area (Å²) in [5.74, 6) is -4.39. The lowest BCUT2D eigenvalue weighted by Crippen LogP contribution is -2.56. The van der Waals surface area contributed by atoms with Gasteiger partial charge in [0.05, 0.1) is 0 Å². The van der Waals surface area contributed by atoms with E-state index >= 15 is 0 Å². The molecule has 0 aromatic carbocycles. The van der Waals surface area contributed by atoms with Crippen molar-refractivity contribution in [3.8, 4) is 0 Å². The van der Waals surface area contributed by atoms with Gasteiger partial charge in [-0.05, 0) is 0 Å². The zero-order valence-corrected chi connectivity index (χ0v) is 8.68. The third kappa shape index (κ3) is 3.25. The highest BCUT2D eigenvalue weighted by Crippen LogP contribution is 2.49. The van der Waals surface area contributed by atoms with Gasteiger partial charge in [-0.2, -0.15) is 22.0 Å². The van der Waals surface area contributed by atoms with Crippen molar-refractivity contribution in [3.05, 3.63) is 0 Å². The normalized spacial score (nSPS) is 18.8. The van der Waals surface area contributed by atoms with Gasteiger partial charge >= 0.3 is 18.1 Å². The highest BCUT2D eigenvalue weighted by molar-refractivity contribution is 4.90. The number of ether oxygens (including phenoxy) is 1. The van der Waals surface area contributed by atoms with E-state index < -0.39 is 23.6 Å². The molecule has 1 unspecified atom stereocenters. The zero-order chi connectivity index (χ0) is 12.7. The van der Waals surface area contributed by atoms with Crippen LogP contribution in [-0.2, 0) is 4.74 Å². The molecule has 0 fully saturated rings. The van der Waals surface area contributed by atoms with Crippen LogP contribution in [-0.4, -0.2) is 18.1 Å². The quantitative estimate of drug-likeness (QED) is 0.663. The van der Waals surface area contributed by atoms with Gasteiger partial charge in [-0.3, -0.25) is 4.74 Å². The van der Waals surface area contributed by atoms with E-state index in [1.54, 1.807) is 0 Å². The standard InChI is InChI=1S/C8H12F6O/c1-5(2,3)7(11,8(12,13)14)15-6(4,9)10/h1-4H3. The lowest BCUT2D eigenvalue weighted by Gasteiger charge is -2.39. The number of rotatable bonds is 2. The first-order chi connectivity index (χ1) is 6.21. The molecule has 0 aliphatic heterocycles. The molecule has 0 aromatic rings. The Bertz CT molecular complexity index is 207. The van der Waals surface area contributed by atoms with Crippen LogP contribution in [0.3, 0.4) is 0 Å². The van der Waals surface area contributed by atoms with Crippen LogP contribution in [0, 0.1) is 5.41 Å². The Hall–Kier alpha value is -0.460. The van der Waals surface area contributed by atoms with Gasteiger partial charge in [0.1, 0.15) is 0 Å². The van der Waals surface area contributed by atoms with E-state index in [2.05, 4.69) is 4.74 Å². The molecule has 0 saturated carbocycles. The maximum Gasteiger partial charge on any atom is 0.449 e. The van der Waals surface area contributed by atoms with E-state index in [1.165, 1.54) is 0 Å². The van der Waals surface area contributed by atoms with Gasteiger partial charge in [0, 0.05) is 12.3 Å². The van der Waals surface area contributed by atoms with Crippen LogP contribution >= 0.6 is 0 Å². The van der Waals surface area contributed by atoms with Gasteiger partial charge in [0.2, 0.25) is 0 Å². The van der Waals surface area contributed by atoms with E-state index in [4.69, 9.17) is 0 Å². The zero-order valence-electron chi connectivity index (χ0n) is 8.68. The van der Waals surface area contributed by atoms with Crippen molar-refractivity contribution >= 4 is 0 Å². The van der Waals surface area contributed by atoms with E-state index in [-0.39, 0.29) is 6.92 Å². The van der Waals surface area contributed by atoms with Crippen LogP contribution in [0.15, 0.2) is 0 Å². The predicted molar refractivity (Wildman–Crippen MR) is 41.1 cm³/mol. The molecule has 7 heteroatoms. The van der Waals surface area contributed by atoms with E-state index in [0.29, 0.717) is 0 Å². The summed E-state index contributed by atoms with van der Waals surface area (Å²) in [6.45, 7) is 2.53. The average molecular weight is 238 g/mol. The van der Waals surface area contributed by atoms with Gasteiger partial charge in [-0.1, -0.05) is 20.8 Å². The minimum absolute atomic E-state index is 0.0544. The second-order valence-corrected chi connectivity index (χ2v) is 4.25. The first-order valence-corrected chi connectivity index (χ1v) is 4.04. The lowest BCUT2D eigenvalue weighted by atomic mass is 9.86. The molecule has 0 amide bonds. The van der Waals surface area contributed by atoms with Crippen LogP contribution < -0.4 is 0 Å². The van der Waals surface area contributed by atoms with Crippen LogP contribution in [0.5, 0.6) is 0 Å². The van der Waals surface area contributed by atoms with E-state index in [1.807, 2.05) is 0 Å². The molecule has 0 rings (SSSR count). The molecule has 0 aliphatic carbocycles. The molecule has 92 valence electrons. The fraction of sp³-hybridized carbons (Fsp3) is 1.00. The van der Waals surface area contributed by atoms with Crippen LogP contribution in [0.1, 0.15) is 27.7 Å². The Morgan fingerprint density at radius 1 is 0.733 bits per heavy atom. The van der Waals surface area contributed by atoms with Gasteiger partial charge in [-0.25, -0.2) is 4.39 Å². The second kappa shape index (κ2) is 3.54. The van der Waals surface area contributed by atoms with Crippen molar-refractivity contribution in [2.75, 3.05) is 0 Å². The van der Waals surface area contributed by atoms with Crippen molar-refractivity contribution in [2.24, 2.45) is 5.41 Å². The molecule has 0 bridgehead atoms. The Morgan fingerprint density at radius 3 is 1.13 bits per heavy atom. The molecule has 0 spiro atoms. The molecule has 1 nitrogen and oxygen atoms in total. The number of hydrogen-bond acceptors (Lipinski definition) is 1. The van der Waals surface area contributed by atoms with Crippen LogP contribution in [0.2, 0.25) is 0 Å². The predicted octanol–water partition coefficient (Wildman–Crippen LogP) is 3.89. The summed E-state index contributed by atoms with van der Waals surface area (Å²) < 4.78 is 78.2. The van der Waals surface area contributed by atoms with Crippen molar-refractivity contribution in [2.45, 2.75) is 45.8 Å². The Morgan fingerprint density at radius 2 is 1.07 bits per heavy atom. The number of hydrogen-bond donors (Lipinski definition) is 0. The third-order valence-electron chi connectivity index (χ3n) is 1.65. The molecule has 15 heavy (non-hydrogen) atoms. The van der Waals surface area contributed by atoms with Crippen LogP contribution in [0.4, 0.5) is 26.3 Å². The first-order valence-electron chi connectivity index (χ1n) is 4.04. The largest absolute Gasteiger partial charge is 0.449 e. The smallest absolute Gasteiger partial charge is 0.274 e. The maximum atomic E-state index is 13.5. The average Bonchev–Trinajstić information content (AvgIpc) is 1.77. The molecular weight excluding hydrogens is 226 g/mol. The maximum absolute atomic E-state index is 13.5. The third-order valence-corrected chi connectivity index (χ3v) is 1.65. The molecule has 1 atom stereocenters. The summed E-state index contributed by atoms with van der Waals surface area (Å²) in [5, 5.41) is 0. The Kier molecular flexibility index (Phi) is 3.43. The van der Waals surface area contributed by atoms with Gasteiger partial charge < -0.3 is 0 Å². The minimum Gasteiger partial charge on any atom is -0.274 e. The van der Waals surface area contributed by atoms with Gasteiger partial charge in [-0.15, -0.1) is 0 Å². The number of halogens is 6. The summed E-state index contributed by atoms with van der Waals surface area (Å²) in [5.41, 5.74) is -2.15. The van der Waals surface area contributed by atoms with Gasteiger partial charge in [0.15, 0.2) is 0 Å². The summed E-state index contributed by atoms with van der Waals surface area (Å²) in [6.07, 6.45) is -9.72. The fourth-order valence-electron chi connectivity index (χ4n) is 0.883. The monoisotopic (exact) mass is 238 g/mol. The molecule has 0 saturated heterocycles. The summed E-state index contributed by atoms with van der Waals surface area (Å²) in [6, 6.07) is 0. The molecule has 0 radical (unpaired) electrons. The molecule has 0 N–H and O–H groups in total. The van der Waals surface area contributed by atoms with Crippen molar-refractivity contribution in [3.63, 3.8) is 0 Å².